The number of fused-ring (bicyclic) bond motifs is 2. The van der Waals surface area contributed by atoms with E-state index in [1.54, 1.807) is 0 Å². The highest BCUT2D eigenvalue weighted by Crippen LogP contribution is 2.37. The van der Waals surface area contributed by atoms with Gasteiger partial charge in [0.25, 0.3) is 0 Å². The van der Waals surface area contributed by atoms with Crippen molar-refractivity contribution in [1.29, 1.82) is 0 Å². The molecule has 1 aliphatic carbocycles. The molecule has 200 valence electrons. The highest BCUT2D eigenvalue weighted by atomic mass is 32.1. The maximum Gasteiger partial charge on any atom is 0.208 e. The van der Waals surface area contributed by atoms with Gasteiger partial charge in [0.05, 0.1) is 20.8 Å². The summed E-state index contributed by atoms with van der Waals surface area (Å²) in [6, 6.07) is 11.0. The summed E-state index contributed by atoms with van der Waals surface area (Å²) >= 11 is 1.82. The third kappa shape index (κ3) is 9.03. The Morgan fingerprint density at radius 2 is 1.58 bits per heavy atom. The first-order valence-electron chi connectivity index (χ1n) is 13.6. The number of nitrogens with zero attached hydrogens (tertiary/aromatic N) is 3. The fourth-order valence-corrected chi connectivity index (χ4v) is 5.21. The van der Waals surface area contributed by atoms with Gasteiger partial charge in [0.1, 0.15) is 14.1 Å². The third-order valence-electron chi connectivity index (χ3n) is 6.12. The molecular weight excluding hydrogens is 458 g/mol. The van der Waals surface area contributed by atoms with Gasteiger partial charge >= 0.3 is 0 Å². The van der Waals surface area contributed by atoms with Crippen LogP contribution in [-0.2, 0) is 0 Å². The quantitative estimate of drug-likeness (QED) is 0.244. The van der Waals surface area contributed by atoms with Gasteiger partial charge in [0.15, 0.2) is 0 Å². The molecule has 0 atom stereocenters. The molecule has 3 nitrogen and oxygen atoms in total. The van der Waals surface area contributed by atoms with Gasteiger partial charge in [-0.1, -0.05) is 87.3 Å². The minimum absolute atomic E-state index is 0.139. The predicted octanol–water partition coefficient (Wildman–Crippen LogP) is 8.81. The minimum Gasteiger partial charge on any atom is -0.378 e. The molecule has 0 unspecified atom stereocenters. The number of allylic oxidation sites excluding steroid dienone is 1. The normalized spacial score (nSPS) is 11.7. The Bertz CT molecular complexity index is 1160. The first kappa shape index (κ1) is 31.8. The molecule has 0 amide bonds. The largest absolute Gasteiger partial charge is 0.378 e. The molecule has 1 aliphatic heterocycles. The molecule has 1 aromatic rings. The second-order valence-electron chi connectivity index (χ2n) is 11.3. The number of benzene rings is 2. The van der Waals surface area contributed by atoms with E-state index < -0.39 is 0 Å². The fourth-order valence-electron chi connectivity index (χ4n) is 4.20. The lowest BCUT2D eigenvalue weighted by molar-refractivity contribution is 0.230. The van der Waals surface area contributed by atoms with Crippen molar-refractivity contribution in [3.63, 3.8) is 0 Å². The van der Waals surface area contributed by atoms with E-state index in [1.165, 1.54) is 39.0 Å². The fraction of sp³-hybridized carbons (Fsp3) is 0.562. The predicted molar refractivity (Wildman–Crippen MR) is 167 cm³/mol. The van der Waals surface area contributed by atoms with Gasteiger partial charge in [-0.25, -0.2) is 9.56 Å². The van der Waals surface area contributed by atoms with Crippen LogP contribution in [-0.4, -0.2) is 33.2 Å². The van der Waals surface area contributed by atoms with E-state index >= 15 is 0 Å². The first-order valence-corrected chi connectivity index (χ1v) is 14.4. The lowest BCUT2D eigenvalue weighted by atomic mass is 9.73. The van der Waals surface area contributed by atoms with E-state index in [0.29, 0.717) is 5.41 Å². The van der Waals surface area contributed by atoms with Crippen LogP contribution in [0.3, 0.4) is 0 Å². The minimum atomic E-state index is 0.139. The van der Waals surface area contributed by atoms with E-state index in [2.05, 4.69) is 129 Å². The molecule has 0 radical (unpaired) electrons. The Morgan fingerprint density at radius 1 is 0.972 bits per heavy atom. The van der Waals surface area contributed by atoms with Crippen molar-refractivity contribution in [1.82, 2.24) is 9.56 Å². The van der Waals surface area contributed by atoms with Crippen molar-refractivity contribution in [2.45, 2.75) is 81.6 Å². The highest BCUT2D eigenvalue weighted by molar-refractivity contribution is 7.21. The van der Waals surface area contributed by atoms with Crippen LogP contribution in [0.25, 0.3) is 26.9 Å². The van der Waals surface area contributed by atoms with Gasteiger partial charge in [-0.15, -0.1) is 11.3 Å². The summed E-state index contributed by atoms with van der Waals surface area (Å²) in [5.74, 6) is 0. The Hall–Kier alpha value is -2.20. The molecule has 0 saturated carbocycles. The molecule has 0 saturated heterocycles. The standard InChI is InChI=1S/C27H38N3S.C3H8.C2H6/c1-10-26(2,3)18-27(4,5)14-13-19-15-22-25(17-23(19)30(8)9)31-24-16-20(29(6)7)11-12-21(24)28-22;1-3-2;1-2/h11-17H,10,18H2,1-9H3;3H2,1-2H3;1-2H3/q+1;;/b14-13+;;. The van der Waals surface area contributed by atoms with Crippen molar-refractivity contribution in [3.05, 3.63) is 47.3 Å². The van der Waals surface area contributed by atoms with Gasteiger partial charge in [0.2, 0.25) is 5.36 Å². The number of hydrogen-bond donors (Lipinski definition) is 0. The summed E-state index contributed by atoms with van der Waals surface area (Å²) in [6.07, 6.45) is 8.28. The van der Waals surface area contributed by atoms with Crippen LogP contribution < -0.4 is 14.8 Å². The highest BCUT2D eigenvalue weighted by Gasteiger charge is 2.25. The van der Waals surface area contributed by atoms with Gasteiger partial charge in [-0.3, -0.25) is 0 Å². The average molecular weight is 511 g/mol. The summed E-state index contributed by atoms with van der Waals surface area (Å²) in [5.41, 5.74) is 5.03. The maximum absolute atomic E-state index is 5.00. The van der Waals surface area contributed by atoms with Gasteiger partial charge < -0.3 is 4.90 Å². The maximum atomic E-state index is 5.00. The number of rotatable bonds is 6. The molecule has 36 heavy (non-hydrogen) atoms. The SMILES string of the molecule is CC.CCC.CCC(C)(C)CC(C)(C)/C=C/c1cc2nc3ccc(N(C)C)cc3sc-2cc1=[N+](C)C. The van der Waals surface area contributed by atoms with E-state index in [1.807, 2.05) is 25.2 Å². The molecule has 4 heteroatoms. The van der Waals surface area contributed by atoms with Crippen LogP contribution in [0.2, 0.25) is 0 Å². The smallest absolute Gasteiger partial charge is 0.208 e. The molecule has 0 fully saturated rings. The molecule has 1 heterocycles. The summed E-state index contributed by atoms with van der Waals surface area (Å²) in [7, 11) is 8.39. The first-order chi connectivity index (χ1) is 16.8. The Morgan fingerprint density at radius 3 is 2.11 bits per heavy atom. The van der Waals surface area contributed by atoms with Crippen LogP contribution in [0, 0.1) is 10.8 Å². The molecule has 0 aromatic heterocycles. The number of anilines is 1. The van der Waals surface area contributed by atoms with Crippen molar-refractivity contribution in [2.75, 3.05) is 33.1 Å². The second kappa shape index (κ2) is 13.9. The average Bonchev–Trinajstić information content (AvgIpc) is 2.81. The van der Waals surface area contributed by atoms with Crippen molar-refractivity contribution >= 4 is 33.3 Å². The van der Waals surface area contributed by atoms with Gasteiger partial charge in [-0.05, 0) is 41.5 Å². The van der Waals surface area contributed by atoms with E-state index in [4.69, 9.17) is 4.98 Å². The summed E-state index contributed by atoms with van der Waals surface area (Å²) in [6.45, 7) is 19.9. The monoisotopic (exact) mass is 510 g/mol. The Labute approximate surface area is 226 Å². The molecule has 1 aromatic carbocycles. The summed E-state index contributed by atoms with van der Waals surface area (Å²) in [5, 5.41) is 1.23. The topological polar surface area (TPSA) is 19.1 Å². The van der Waals surface area contributed by atoms with Crippen molar-refractivity contribution in [3.8, 4) is 10.6 Å². The van der Waals surface area contributed by atoms with Crippen LogP contribution in [0.1, 0.15) is 87.1 Å². The van der Waals surface area contributed by atoms with Crippen LogP contribution in [0.4, 0.5) is 5.69 Å². The molecule has 0 N–H and O–H groups in total. The van der Waals surface area contributed by atoms with E-state index in [0.717, 1.165) is 17.6 Å². The lowest BCUT2D eigenvalue weighted by Crippen LogP contribution is -2.25. The van der Waals surface area contributed by atoms with Crippen LogP contribution in [0.15, 0.2) is 36.4 Å². The Kier molecular flexibility index (Phi) is 12.3. The van der Waals surface area contributed by atoms with Gasteiger partial charge in [0, 0.05) is 31.4 Å². The molecule has 3 rings (SSSR count). The van der Waals surface area contributed by atoms with E-state index in [-0.39, 0.29) is 5.41 Å². The molecular formula is C32H52N3S+. The van der Waals surface area contributed by atoms with Gasteiger partial charge in [-0.2, -0.15) is 0 Å². The number of aromatic nitrogens is 1. The zero-order valence-electron chi connectivity index (χ0n) is 25.4. The summed E-state index contributed by atoms with van der Waals surface area (Å²) < 4.78 is 3.42. The molecule has 2 aliphatic rings. The lowest BCUT2D eigenvalue weighted by Gasteiger charge is -2.32. The Balaban J connectivity index is 0.00000120. The second-order valence-corrected chi connectivity index (χ2v) is 12.3. The molecule has 0 spiro atoms. The third-order valence-corrected chi connectivity index (χ3v) is 7.21. The van der Waals surface area contributed by atoms with E-state index in [9.17, 15) is 0 Å². The number of hydrogen-bond acceptors (Lipinski definition) is 3. The van der Waals surface area contributed by atoms with Crippen molar-refractivity contribution < 1.29 is 0 Å². The van der Waals surface area contributed by atoms with Crippen molar-refractivity contribution in [2.24, 2.45) is 10.8 Å². The summed E-state index contributed by atoms with van der Waals surface area (Å²) in [4.78, 5) is 8.35. The zero-order chi connectivity index (χ0) is 27.7. The molecule has 0 bridgehead atoms. The van der Waals surface area contributed by atoms with Crippen LogP contribution >= 0.6 is 11.3 Å². The van der Waals surface area contributed by atoms with Crippen LogP contribution in [0.5, 0.6) is 0 Å². The zero-order valence-corrected chi connectivity index (χ0v) is 26.2.